The smallest absolute Gasteiger partial charge is 0.297 e. The van der Waals surface area contributed by atoms with E-state index in [2.05, 4.69) is 203 Å². The first-order valence-corrected chi connectivity index (χ1v) is 27.1. The maximum Gasteiger partial charge on any atom is 0.297 e. The first kappa shape index (κ1) is 47.2. The van der Waals surface area contributed by atoms with Crippen molar-refractivity contribution in [3.05, 3.63) is 110 Å². The van der Waals surface area contributed by atoms with Crippen LogP contribution in [0.3, 0.4) is 0 Å². The molecule has 0 atom stereocenters. The number of hydrogen-bond acceptors (Lipinski definition) is 3. The largest absolute Gasteiger partial charge is 0.472 e. The predicted octanol–water partition coefficient (Wildman–Crippen LogP) is 16.4. The van der Waals surface area contributed by atoms with Crippen LogP contribution in [0.5, 0.6) is 0 Å². The monoisotopic (exact) mass is 921 g/mol. The summed E-state index contributed by atoms with van der Waals surface area (Å²) in [5.41, 5.74) is 25.1. The van der Waals surface area contributed by atoms with Crippen LogP contribution >= 0.6 is 0 Å². The van der Waals surface area contributed by atoms with Crippen LogP contribution in [-0.4, -0.2) is 6.71 Å². The minimum Gasteiger partial charge on any atom is -0.472 e. The van der Waals surface area contributed by atoms with E-state index in [-0.39, 0.29) is 55.4 Å². The van der Waals surface area contributed by atoms with Gasteiger partial charge in [0.1, 0.15) is 5.76 Å². The van der Waals surface area contributed by atoms with E-state index in [1.165, 1.54) is 139 Å². The van der Waals surface area contributed by atoms with Gasteiger partial charge in [-0.05, 0) is 193 Å². The molecule has 4 aromatic carbocycles. The fourth-order valence-corrected chi connectivity index (χ4v) is 14.5. The van der Waals surface area contributed by atoms with E-state index in [0.29, 0.717) is 0 Å². The molecular weight excluding hydrogens is 836 g/mol. The third-order valence-corrected chi connectivity index (χ3v) is 19.9. The van der Waals surface area contributed by atoms with Crippen molar-refractivity contribution in [3.63, 3.8) is 0 Å². The van der Waals surface area contributed by atoms with Crippen molar-refractivity contribution in [2.45, 2.75) is 239 Å². The van der Waals surface area contributed by atoms with Gasteiger partial charge in [-0.2, -0.15) is 0 Å². The topological polar surface area (TPSA) is 19.6 Å². The Hall–Kier alpha value is -4.18. The number of fused-ring (bicyclic) bond motifs is 9. The quantitative estimate of drug-likeness (QED) is 0.161. The molecule has 0 radical (unpaired) electrons. The summed E-state index contributed by atoms with van der Waals surface area (Å²) in [6.45, 7) is 49.3. The molecule has 0 saturated carbocycles. The van der Waals surface area contributed by atoms with Crippen LogP contribution in [0.1, 0.15) is 239 Å². The Kier molecular flexibility index (Phi) is 9.62. The summed E-state index contributed by atoms with van der Waals surface area (Å²) >= 11 is 0. The maximum atomic E-state index is 7.89. The number of benzene rings is 4. The van der Waals surface area contributed by atoms with E-state index in [9.17, 15) is 0 Å². The molecule has 0 spiro atoms. The molecule has 0 fully saturated rings. The minimum absolute atomic E-state index is 0.0425. The summed E-state index contributed by atoms with van der Waals surface area (Å²) in [6.07, 6.45) is 9.33. The summed E-state index contributed by atoms with van der Waals surface area (Å²) in [5, 5.41) is 0. The number of aryl methyl sites for hydroxylation is 1. The molecule has 0 bridgehead atoms. The Morgan fingerprint density at radius 1 is 0.449 bits per heavy atom. The zero-order valence-corrected chi connectivity index (χ0v) is 46.7. The lowest BCUT2D eigenvalue weighted by atomic mass is 9.34. The van der Waals surface area contributed by atoms with E-state index >= 15 is 0 Å². The summed E-state index contributed by atoms with van der Waals surface area (Å²) in [7, 11) is 0. The summed E-state index contributed by atoms with van der Waals surface area (Å²) in [5.74, 6) is 1.19. The lowest BCUT2D eigenvalue weighted by Crippen LogP contribution is -2.61. The van der Waals surface area contributed by atoms with Crippen LogP contribution in [0.15, 0.2) is 59.0 Å². The molecule has 11 rings (SSSR count). The molecule has 0 N–H and O–H groups in total. The predicted molar refractivity (Wildman–Crippen MR) is 297 cm³/mol. The van der Waals surface area contributed by atoms with Crippen LogP contribution in [0.25, 0.3) is 0 Å². The van der Waals surface area contributed by atoms with E-state index in [0.717, 1.165) is 18.5 Å². The van der Waals surface area contributed by atoms with Crippen LogP contribution in [0, 0.1) is 6.92 Å². The van der Waals surface area contributed by atoms with Crippen molar-refractivity contribution in [1.82, 2.24) is 0 Å². The molecule has 69 heavy (non-hydrogen) atoms. The molecule has 4 heteroatoms. The molecule has 3 nitrogen and oxygen atoms in total. The van der Waals surface area contributed by atoms with Gasteiger partial charge in [-0.25, -0.2) is 0 Å². The highest BCUT2D eigenvalue weighted by Crippen LogP contribution is 2.58. The Bertz CT molecular complexity index is 3020. The Balaban J connectivity index is 1.32. The molecule has 5 aromatic rings. The van der Waals surface area contributed by atoms with Crippen molar-refractivity contribution in [2.75, 3.05) is 9.80 Å². The standard InChI is InChI=1S/C65H85BN2O/c1-38-31-42-45(62(13,14)27-25-59(42,7)8)36-48(38)68-49-37-46-44(61(11,12)26-28-63(46,15)16)35-47(49)66-53-50(32-39(33-51(53)68)57(2,3)4)67(40-21-22-41-43(34-40)60(9,10)24-23-58(41,5)6)54-52-55(69-56(54)66)65(19,20)30-29-64(52,17)18/h21-22,31-37H,23-30H2,1-20H3. The molecule has 3 heterocycles. The van der Waals surface area contributed by atoms with E-state index < -0.39 is 0 Å². The lowest BCUT2D eigenvalue weighted by molar-refractivity contribution is 0.282. The van der Waals surface area contributed by atoms with Crippen molar-refractivity contribution < 1.29 is 4.42 Å². The van der Waals surface area contributed by atoms with Gasteiger partial charge < -0.3 is 14.2 Å². The van der Waals surface area contributed by atoms with E-state index in [1.807, 2.05) is 0 Å². The second-order valence-corrected chi connectivity index (χ2v) is 29.7. The molecule has 2 aliphatic heterocycles. The molecule has 0 unspecified atom stereocenters. The highest BCUT2D eigenvalue weighted by Gasteiger charge is 2.54. The maximum absolute atomic E-state index is 7.89. The molecule has 6 aliphatic rings. The van der Waals surface area contributed by atoms with Crippen LogP contribution in [-0.2, 0) is 48.7 Å². The SMILES string of the molecule is Cc1cc2c(cc1N1c3cc4c(cc3B3c5oc6c(c5N(c5ccc7c(c5)C(C)(C)CCC7(C)C)c5cc(C(C)(C)C)cc1c53)C(C)(C)CCC6(C)C)C(C)(C)CCC4(C)C)C(C)(C)CCC2(C)C. The molecular formula is C65H85BN2O. The normalized spacial score (nSPS) is 23.2. The molecule has 0 amide bonds. The Morgan fingerprint density at radius 2 is 0.884 bits per heavy atom. The van der Waals surface area contributed by atoms with Crippen LogP contribution in [0.4, 0.5) is 34.1 Å². The van der Waals surface area contributed by atoms with E-state index in [1.54, 1.807) is 0 Å². The van der Waals surface area contributed by atoms with Crippen LogP contribution < -0.4 is 26.4 Å². The number of anilines is 6. The first-order chi connectivity index (χ1) is 31.7. The third kappa shape index (κ3) is 6.70. The molecule has 364 valence electrons. The van der Waals surface area contributed by atoms with Crippen LogP contribution in [0.2, 0.25) is 0 Å². The van der Waals surface area contributed by atoms with Crippen molar-refractivity contribution in [1.29, 1.82) is 0 Å². The van der Waals surface area contributed by atoms with Gasteiger partial charge in [-0.15, -0.1) is 0 Å². The van der Waals surface area contributed by atoms with Gasteiger partial charge in [0.25, 0.3) is 6.71 Å². The van der Waals surface area contributed by atoms with Crippen molar-refractivity contribution >= 4 is 57.4 Å². The molecule has 4 aliphatic carbocycles. The van der Waals surface area contributed by atoms with Gasteiger partial charge in [0.2, 0.25) is 0 Å². The third-order valence-electron chi connectivity index (χ3n) is 19.9. The minimum atomic E-state index is -0.114. The van der Waals surface area contributed by atoms with Gasteiger partial charge >= 0.3 is 0 Å². The average molecular weight is 921 g/mol. The highest BCUT2D eigenvalue weighted by molar-refractivity contribution is 6.99. The summed E-state index contributed by atoms with van der Waals surface area (Å²) in [6, 6.07) is 23.5. The Morgan fingerprint density at radius 3 is 1.42 bits per heavy atom. The second-order valence-electron chi connectivity index (χ2n) is 29.7. The van der Waals surface area contributed by atoms with Gasteiger partial charge in [0, 0.05) is 39.4 Å². The zero-order valence-electron chi connectivity index (χ0n) is 46.7. The zero-order chi connectivity index (χ0) is 49.9. The van der Waals surface area contributed by atoms with E-state index in [4.69, 9.17) is 4.42 Å². The lowest BCUT2D eigenvalue weighted by Gasteiger charge is -2.48. The van der Waals surface area contributed by atoms with Gasteiger partial charge in [-0.1, -0.05) is 150 Å². The number of nitrogens with zero attached hydrogens (tertiary/aromatic N) is 2. The van der Waals surface area contributed by atoms with Crippen molar-refractivity contribution in [3.8, 4) is 0 Å². The Labute approximate surface area is 418 Å². The van der Waals surface area contributed by atoms with Gasteiger partial charge in [0.05, 0.1) is 11.3 Å². The van der Waals surface area contributed by atoms with Gasteiger partial charge in [0.15, 0.2) is 0 Å². The number of rotatable bonds is 2. The van der Waals surface area contributed by atoms with Gasteiger partial charge in [-0.3, -0.25) is 0 Å². The fraction of sp³-hybridized carbons (Fsp3) is 0.569. The highest BCUT2D eigenvalue weighted by atomic mass is 16.3. The van der Waals surface area contributed by atoms with Crippen molar-refractivity contribution in [2.24, 2.45) is 0 Å². The first-order valence-electron chi connectivity index (χ1n) is 27.1. The second kappa shape index (κ2) is 14.1. The number of hydrogen-bond donors (Lipinski definition) is 0. The fourth-order valence-electron chi connectivity index (χ4n) is 14.5. The average Bonchev–Trinajstić information content (AvgIpc) is 3.67. The molecule has 1 aromatic heterocycles. The number of furan rings is 1. The molecule has 0 saturated heterocycles. The summed E-state index contributed by atoms with van der Waals surface area (Å²) < 4.78 is 7.89. The summed E-state index contributed by atoms with van der Waals surface area (Å²) in [4.78, 5) is 5.51.